The van der Waals surface area contributed by atoms with Crippen molar-refractivity contribution < 1.29 is 9.47 Å². The molecule has 8 nitrogen and oxygen atoms in total. The highest BCUT2D eigenvalue weighted by Gasteiger charge is 2.38. The van der Waals surface area contributed by atoms with Crippen molar-refractivity contribution in [2.75, 3.05) is 31.2 Å². The molecule has 3 aromatic heterocycles. The minimum Gasteiger partial charge on any atom is -0.457 e. The minimum atomic E-state index is 0.343. The first-order valence-corrected chi connectivity index (χ1v) is 12.7. The Balaban J connectivity index is 1.15. The highest BCUT2D eigenvalue weighted by molar-refractivity contribution is 5.94. The molecule has 1 N–H and O–H groups in total. The van der Waals surface area contributed by atoms with Crippen molar-refractivity contribution in [3.8, 4) is 23.3 Å². The number of nitrogens with one attached hydrogen (secondary N) is 1. The van der Waals surface area contributed by atoms with E-state index in [0.29, 0.717) is 16.8 Å². The summed E-state index contributed by atoms with van der Waals surface area (Å²) in [5.41, 5.74) is 3.37. The zero-order valence-corrected chi connectivity index (χ0v) is 20.4. The Morgan fingerprint density at radius 1 is 0.946 bits per heavy atom. The lowest BCUT2D eigenvalue weighted by molar-refractivity contribution is 0.133. The SMILES string of the molecule is C(#Cc1[nH]nc2nc(N3CCC4(CCOC4)CC3)n3ccnc3c12)c1ccc(Oc2ccccc2)cc1. The monoisotopic (exact) mass is 490 g/mol. The second-order valence-corrected chi connectivity index (χ2v) is 9.81. The molecule has 5 aromatic rings. The summed E-state index contributed by atoms with van der Waals surface area (Å²) in [6, 6.07) is 17.5. The molecule has 0 radical (unpaired) electrons. The fourth-order valence-electron chi connectivity index (χ4n) is 5.33. The van der Waals surface area contributed by atoms with Crippen molar-refractivity contribution in [3.63, 3.8) is 0 Å². The standard InChI is InChI=1S/C29H26N6O2/c1-2-4-22(5-3-1)37-23-9-6-21(7-10-23)8-11-24-25-26(33-32-24)31-28(35-18-15-30-27(25)35)34-16-12-29(13-17-34)14-19-36-20-29/h1-7,9-10,15,18H,12-14,16-17,19-20H2,(H,32,33). The molecule has 5 heterocycles. The third-order valence-corrected chi connectivity index (χ3v) is 7.49. The number of rotatable bonds is 3. The number of hydrogen-bond acceptors (Lipinski definition) is 6. The first kappa shape index (κ1) is 21.9. The quantitative estimate of drug-likeness (QED) is 0.366. The topological polar surface area (TPSA) is 80.6 Å². The number of imidazole rings is 1. The van der Waals surface area contributed by atoms with Crippen LogP contribution in [-0.4, -0.2) is 50.9 Å². The number of hydrogen-bond donors (Lipinski definition) is 1. The molecule has 0 atom stereocenters. The van der Waals surface area contributed by atoms with E-state index in [-0.39, 0.29) is 0 Å². The third kappa shape index (κ3) is 4.07. The number of aromatic nitrogens is 5. The molecule has 2 saturated heterocycles. The van der Waals surface area contributed by atoms with Crippen LogP contribution in [0.15, 0.2) is 67.0 Å². The van der Waals surface area contributed by atoms with Gasteiger partial charge in [0.15, 0.2) is 11.3 Å². The lowest BCUT2D eigenvalue weighted by Crippen LogP contribution is -2.41. The highest BCUT2D eigenvalue weighted by atomic mass is 16.5. The van der Waals surface area contributed by atoms with Gasteiger partial charge in [0.25, 0.3) is 0 Å². The van der Waals surface area contributed by atoms with Crippen LogP contribution in [0.3, 0.4) is 0 Å². The molecule has 2 aliphatic rings. The lowest BCUT2D eigenvalue weighted by atomic mass is 9.78. The van der Waals surface area contributed by atoms with Gasteiger partial charge < -0.3 is 14.4 Å². The van der Waals surface area contributed by atoms with E-state index in [0.717, 1.165) is 79.6 Å². The Morgan fingerprint density at radius 3 is 2.54 bits per heavy atom. The first-order chi connectivity index (χ1) is 18.3. The summed E-state index contributed by atoms with van der Waals surface area (Å²) >= 11 is 0. The molecule has 2 aromatic carbocycles. The molecule has 37 heavy (non-hydrogen) atoms. The van der Waals surface area contributed by atoms with Gasteiger partial charge in [-0.05, 0) is 67.0 Å². The Kier molecular flexibility index (Phi) is 5.29. The summed E-state index contributed by atoms with van der Waals surface area (Å²) in [6.07, 6.45) is 7.18. The Morgan fingerprint density at radius 2 is 1.76 bits per heavy atom. The van der Waals surface area contributed by atoms with Crippen molar-refractivity contribution in [3.05, 3.63) is 78.2 Å². The average Bonchev–Trinajstić information content (AvgIpc) is 3.69. The highest BCUT2D eigenvalue weighted by Crippen LogP contribution is 2.40. The van der Waals surface area contributed by atoms with Gasteiger partial charge in [-0.25, -0.2) is 4.98 Å². The molecule has 2 fully saturated rings. The van der Waals surface area contributed by atoms with Gasteiger partial charge in [0.1, 0.15) is 17.2 Å². The summed E-state index contributed by atoms with van der Waals surface area (Å²) < 4.78 is 13.6. The molecule has 0 saturated carbocycles. The van der Waals surface area contributed by atoms with E-state index in [1.807, 2.05) is 67.0 Å². The fourth-order valence-corrected chi connectivity index (χ4v) is 5.33. The van der Waals surface area contributed by atoms with Crippen molar-refractivity contribution in [2.45, 2.75) is 19.3 Å². The second-order valence-electron chi connectivity index (χ2n) is 9.81. The van der Waals surface area contributed by atoms with E-state index >= 15 is 0 Å². The molecule has 0 amide bonds. The number of anilines is 1. The molecular weight excluding hydrogens is 464 g/mol. The van der Waals surface area contributed by atoms with E-state index < -0.39 is 0 Å². The number of piperidine rings is 1. The Hall–Kier alpha value is -4.35. The van der Waals surface area contributed by atoms with Gasteiger partial charge in [-0.15, -0.1) is 0 Å². The predicted molar refractivity (Wildman–Crippen MR) is 141 cm³/mol. The van der Waals surface area contributed by atoms with Crippen LogP contribution in [0.1, 0.15) is 30.5 Å². The summed E-state index contributed by atoms with van der Waals surface area (Å²) in [5, 5.41) is 8.41. The van der Waals surface area contributed by atoms with Crippen LogP contribution in [0.25, 0.3) is 16.7 Å². The van der Waals surface area contributed by atoms with E-state index in [4.69, 9.17) is 14.5 Å². The van der Waals surface area contributed by atoms with Gasteiger partial charge in [-0.3, -0.25) is 9.50 Å². The van der Waals surface area contributed by atoms with Crippen LogP contribution < -0.4 is 9.64 Å². The largest absolute Gasteiger partial charge is 0.457 e. The van der Waals surface area contributed by atoms with E-state index in [1.54, 1.807) is 0 Å². The van der Waals surface area contributed by atoms with Gasteiger partial charge in [-0.2, -0.15) is 10.1 Å². The van der Waals surface area contributed by atoms with Crippen molar-refractivity contribution in [2.24, 2.45) is 5.41 Å². The van der Waals surface area contributed by atoms with Crippen molar-refractivity contribution in [1.29, 1.82) is 0 Å². The van der Waals surface area contributed by atoms with Crippen LogP contribution in [0.5, 0.6) is 11.5 Å². The molecular formula is C29H26N6O2. The number of ether oxygens (including phenoxy) is 2. The van der Waals surface area contributed by atoms with E-state index in [9.17, 15) is 0 Å². The number of aromatic amines is 1. The Bertz CT molecular complexity index is 1610. The molecule has 0 unspecified atom stereocenters. The zero-order valence-electron chi connectivity index (χ0n) is 20.4. The summed E-state index contributed by atoms with van der Waals surface area (Å²) in [7, 11) is 0. The van der Waals surface area contributed by atoms with E-state index in [2.05, 4.69) is 36.3 Å². The second kappa shape index (κ2) is 8.95. The molecule has 1 spiro atoms. The van der Waals surface area contributed by atoms with Gasteiger partial charge in [0.05, 0.1) is 12.0 Å². The van der Waals surface area contributed by atoms with Gasteiger partial charge in [0, 0.05) is 37.7 Å². The number of H-pyrrole nitrogens is 1. The maximum Gasteiger partial charge on any atom is 0.213 e. The maximum atomic E-state index is 5.88. The number of nitrogens with zero attached hydrogens (tertiary/aromatic N) is 5. The summed E-state index contributed by atoms with van der Waals surface area (Å²) in [6.45, 7) is 3.68. The van der Waals surface area contributed by atoms with Crippen molar-refractivity contribution >= 4 is 22.6 Å². The summed E-state index contributed by atoms with van der Waals surface area (Å²) in [4.78, 5) is 11.9. The first-order valence-electron chi connectivity index (χ1n) is 12.7. The van der Waals surface area contributed by atoms with Crippen LogP contribution in [0.2, 0.25) is 0 Å². The Labute approximate surface area is 214 Å². The molecule has 2 aliphatic heterocycles. The molecule has 184 valence electrons. The van der Waals surface area contributed by atoms with Crippen LogP contribution in [0, 0.1) is 17.3 Å². The van der Waals surface area contributed by atoms with Gasteiger partial charge in [0.2, 0.25) is 5.95 Å². The normalized spacial score (nSPS) is 16.8. The smallest absolute Gasteiger partial charge is 0.213 e. The number of benzene rings is 2. The van der Waals surface area contributed by atoms with Crippen LogP contribution in [0.4, 0.5) is 5.95 Å². The number of para-hydroxylation sites is 1. The molecule has 8 heteroatoms. The average molecular weight is 491 g/mol. The third-order valence-electron chi connectivity index (χ3n) is 7.49. The van der Waals surface area contributed by atoms with E-state index in [1.165, 1.54) is 0 Å². The van der Waals surface area contributed by atoms with Gasteiger partial charge in [-0.1, -0.05) is 24.1 Å². The maximum absolute atomic E-state index is 5.88. The molecule has 7 rings (SSSR count). The number of fused-ring (bicyclic) bond motifs is 3. The lowest BCUT2D eigenvalue weighted by Gasteiger charge is -2.38. The van der Waals surface area contributed by atoms with Crippen LogP contribution in [-0.2, 0) is 4.74 Å². The molecule has 0 bridgehead atoms. The molecule has 0 aliphatic carbocycles. The van der Waals surface area contributed by atoms with Crippen LogP contribution >= 0.6 is 0 Å². The zero-order chi connectivity index (χ0) is 24.7. The van der Waals surface area contributed by atoms with Gasteiger partial charge >= 0.3 is 0 Å². The predicted octanol–water partition coefficient (Wildman–Crippen LogP) is 4.80. The fraction of sp³-hybridized carbons (Fsp3) is 0.276. The summed E-state index contributed by atoms with van der Waals surface area (Å²) in [5.74, 6) is 8.92. The van der Waals surface area contributed by atoms with Crippen molar-refractivity contribution in [1.82, 2.24) is 24.6 Å². The minimum absolute atomic E-state index is 0.343.